The van der Waals surface area contributed by atoms with Crippen LogP contribution in [0.15, 0.2) is 12.0 Å². The van der Waals surface area contributed by atoms with Gasteiger partial charge in [-0.05, 0) is 0 Å². The summed E-state index contributed by atoms with van der Waals surface area (Å²) >= 11 is 0. The minimum absolute atomic E-state index is 0.0217. The second kappa shape index (κ2) is 8.55. The van der Waals surface area contributed by atoms with Gasteiger partial charge in [0.2, 0.25) is 25.0 Å². The van der Waals surface area contributed by atoms with Crippen molar-refractivity contribution in [1.82, 2.24) is 15.5 Å². The van der Waals surface area contributed by atoms with Crippen molar-refractivity contribution in [3.8, 4) is 0 Å². The second-order valence-corrected chi connectivity index (χ2v) is 2.97. The number of rotatable bonds is 6. The van der Waals surface area contributed by atoms with Gasteiger partial charge in [-0.25, -0.2) is 9.18 Å². The number of alkyl halides is 1. The predicted octanol–water partition coefficient (Wildman–Crippen LogP) is -0.819. The van der Waals surface area contributed by atoms with Gasteiger partial charge < -0.3 is 15.0 Å². The molecule has 0 radical (unpaired) electrons. The summed E-state index contributed by atoms with van der Waals surface area (Å²) in [7, 11) is 1.11. The molecule has 8 nitrogen and oxygen atoms in total. The molecule has 0 atom stereocenters. The molecule has 0 bridgehead atoms. The van der Waals surface area contributed by atoms with E-state index in [9.17, 15) is 28.0 Å². The van der Waals surface area contributed by atoms with Crippen molar-refractivity contribution in [3.63, 3.8) is 0 Å². The Labute approximate surface area is 106 Å². The maximum Gasteiger partial charge on any atom is 0.409 e. The highest BCUT2D eigenvalue weighted by molar-refractivity contribution is 5.97. The zero-order valence-electron chi connectivity index (χ0n) is 9.81. The lowest BCUT2D eigenvalue weighted by molar-refractivity contribution is -0.126. The molecule has 0 unspecified atom stereocenters. The Morgan fingerprint density at radius 2 is 2.00 bits per heavy atom. The Bertz CT molecular complexity index is 399. The Hall–Kier alpha value is -2.52. The van der Waals surface area contributed by atoms with Crippen LogP contribution in [0.4, 0.5) is 13.6 Å². The van der Waals surface area contributed by atoms with Gasteiger partial charge in [0.1, 0.15) is 6.54 Å². The van der Waals surface area contributed by atoms with E-state index in [0.29, 0.717) is 11.1 Å². The molecule has 4 amide bonds. The first-order valence-electron chi connectivity index (χ1n) is 4.76. The lowest BCUT2D eigenvalue weighted by Gasteiger charge is -2.12. The molecule has 0 aromatic rings. The van der Waals surface area contributed by atoms with Crippen LogP contribution in [-0.4, -0.2) is 49.7 Å². The van der Waals surface area contributed by atoms with Crippen molar-refractivity contribution in [3.05, 3.63) is 12.0 Å². The molecule has 0 aliphatic carbocycles. The van der Waals surface area contributed by atoms with Crippen LogP contribution >= 0.6 is 0 Å². The number of nitrogens with one attached hydrogen (secondary N) is 2. The van der Waals surface area contributed by atoms with E-state index in [1.165, 1.54) is 5.32 Å². The fourth-order valence-corrected chi connectivity index (χ4v) is 0.796. The van der Waals surface area contributed by atoms with Crippen molar-refractivity contribution in [2.45, 2.75) is 0 Å². The van der Waals surface area contributed by atoms with E-state index >= 15 is 0 Å². The molecule has 106 valence electrons. The zero-order valence-corrected chi connectivity index (χ0v) is 9.81. The Morgan fingerprint density at radius 1 is 1.37 bits per heavy atom. The minimum atomic E-state index is -1.38. The van der Waals surface area contributed by atoms with Gasteiger partial charge in [-0.15, -0.1) is 0 Å². The summed E-state index contributed by atoms with van der Waals surface area (Å²) in [4.78, 5) is 43.3. The largest absolute Gasteiger partial charge is 0.418 e. The molecule has 0 spiro atoms. The molecule has 0 heterocycles. The first kappa shape index (κ1) is 16.5. The Kier molecular flexibility index (Phi) is 7.42. The summed E-state index contributed by atoms with van der Waals surface area (Å²) in [6.07, 6.45) is -0.664. The molecule has 0 rings (SSSR count). The van der Waals surface area contributed by atoms with Gasteiger partial charge in [0, 0.05) is 13.2 Å². The average molecular weight is 279 g/mol. The van der Waals surface area contributed by atoms with Gasteiger partial charge >= 0.3 is 6.09 Å². The highest BCUT2D eigenvalue weighted by Gasteiger charge is 2.13. The number of alkyl carbamates (subject to hydrolysis) is 1. The lowest BCUT2D eigenvalue weighted by Crippen LogP contribution is -2.36. The number of carbonyl (C=O) groups excluding carboxylic acids is 4. The molecule has 0 aromatic carbocycles. The normalized spacial score (nSPS) is 10.4. The first-order chi connectivity index (χ1) is 8.92. The van der Waals surface area contributed by atoms with E-state index in [0.717, 1.165) is 7.05 Å². The number of amides is 4. The molecular formula is C9H11F2N3O5. The van der Waals surface area contributed by atoms with Crippen molar-refractivity contribution in [2.24, 2.45) is 0 Å². The van der Waals surface area contributed by atoms with E-state index in [2.05, 4.69) is 4.74 Å². The van der Waals surface area contributed by atoms with Crippen LogP contribution in [0.2, 0.25) is 0 Å². The molecule has 0 aliphatic rings. The number of likely N-dealkylation sites (N-methyl/N-ethyl adjacent to an activating group) is 1. The van der Waals surface area contributed by atoms with Crippen molar-refractivity contribution in [1.29, 1.82) is 0 Å². The van der Waals surface area contributed by atoms with Gasteiger partial charge in [0.05, 0.1) is 0 Å². The first-order valence-corrected chi connectivity index (χ1v) is 4.76. The van der Waals surface area contributed by atoms with E-state index < -0.39 is 37.1 Å². The molecule has 2 N–H and O–H groups in total. The lowest BCUT2D eigenvalue weighted by atomic mass is 10.4. The highest BCUT2D eigenvalue weighted by atomic mass is 19.1. The number of ether oxygens (including phenoxy) is 1. The quantitative estimate of drug-likeness (QED) is 0.488. The zero-order chi connectivity index (χ0) is 14.8. The van der Waals surface area contributed by atoms with E-state index in [1.54, 1.807) is 0 Å². The van der Waals surface area contributed by atoms with Crippen LogP contribution in [0.1, 0.15) is 0 Å². The van der Waals surface area contributed by atoms with Gasteiger partial charge in [-0.3, -0.25) is 19.7 Å². The molecule has 19 heavy (non-hydrogen) atoms. The Morgan fingerprint density at radius 3 is 2.53 bits per heavy atom. The van der Waals surface area contributed by atoms with Crippen LogP contribution in [0.5, 0.6) is 0 Å². The number of hydrogen-bond acceptors (Lipinski definition) is 5. The number of nitrogens with zero attached hydrogens (tertiary/aromatic N) is 1. The summed E-state index contributed by atoms with van der Waals surface area (Å²) in [6, 6.07) is 0. The van der Waals surface area contributed by atoms with Crippen molar-refractivity contribution >= 4 is 24.3 Å². The standard InChI is InChI=1S/C9H11F2N3O5/c1-14(3-6(11)8(17)13-5-15)7(16)2-12-9(18)19-4-10/h3,5H,2,4H2,1H3,(H,12,18)(H,13,15,17)/b6-3+. The van der Waals surface area contributed by atoms with E-state index in [1.807, 2.05) is 5.32 Å². The monoisotopic (exact) mass is 279 g/mol. The van der Waals surface area contributed by atoms with Crippen molar-refractivity contribution < 1.29 is 32.7 Å². The third kappa shape index (κ3) is 6.71. The molecule has 0 saturated heterocycles. The van der Waals surface area contributed by atoms with Crippen LogP contribution in [0.3, 0.4) is 0 Å². The third-order valence-corrected chi connectivity index (χ3v) is 1.68. The number of hydrogen-bond donors (Lipinski definition) is 2. The summed E-state index contributed by atoms with van der Waals surface area (Å²) in [5, 5.41) is 3.42. The van der Waals surface area contributed by atoms with Gasteiger partial charge in [-0.2, -0.15) is 4.39 Å². The molecule has 0 fully saturated rings. The van der Waals surface area contributed by atoms with Crippen LogP contribution in [0, 0.1) is 0 Å². The topological polar surface area (TPSA) is 105 Å². The predicted molar refractivity (Wildman–Crippen MR) is 56.6 cm³/mol. The fourth-order valence-electron chi connectivity index (χ4n) is 0.796. The van der Waals surface area contributed by atoms with Crippen LogP contribution in [0.25, 0.3) is 0 Å². The SMILES string of the molecule is CN(/C=C(/F)C(=O)NC=O)C(=O)CNC(=O)OCF. The second-order valence-electron chi connectivity index (χ2n) is 2.97. The summed E-state index contributed by atoms with van der Waals surface area (Å²) in [5.41, 5.74) is 0. The van der Waals surface area contributed by atoms with Crippen molar-refractivity contribution in [2.75, 3.05) is 20.5 Å². The maximum atomic E-state index is 13.0. The van der Waals surface area contributed by atoms with Gasteiger partial charge in [-0.1, -0.05) is 0 Å². The summed E-state index contributed by atoms with van der Waals surface area (Å²) < 4.78 is 28.4. The number of halogens is 2. The average Bonchev–Trinajstić information content (AvgIpc) is 2.36. The fraction of sp³-hybridized carbons (Fsp3) is 0.333. The van der Waals surface area contributed by atoms with Crippen LogP contribution < -0.4 is 10.6 Å². The Balaban J connectivity index is 4.33. The number of carbonyl (C=O) groups is 4. The number of imide groups is 1. The molecule has 0 aromatic heterocycles. The van der Waals surface area contributed by atoms with E-state index in [-0.39, 0.29) is 6.41 Å². The highest BCUT2D eigenvalue weighted by Crippen LogP contribution is 1.98. The van der Waals surface area contributed by atoms with Gasteiger partial charge in [0.25, 0.3) is 5.91 Å². The smallest absolute Gasteiger partial charge is 0.409 e. The molecule has 0 aliphatic heterocycles. The summed E-state index contributed by atoms with van der Waals surface area (Å²) in [6.45, 7) is -1.94. The van der Waals surface area contributed by atoms with E-state index in [4.69, 9.17) is 0 Å². The maximum absolute atomic E-state index is 13.0. The summed E-state index contributed by atoms with van der Waals surface area (Å²) in [5.74, 6) is -3.50. The molecule has 10 heteroatoms. The third-order valence-electron chi connectivity index (χ3n) is 1.68. The van der Waals surface area contributed by atoms with Gasteiger partial charge in [0.15, 0.2) is 0 Å². The minimum Gasteiger partial charge on any atom is -0.418 e. The van der Waals surface area contributed by atoms with Crippen LogP contribution in [-0.2, 0) is 19.1 Å². The molecular weight excluding hydrogens is 268 g/mol. The molecule has 0 saturated carbocycles.